The Balaban J connectivity index is 2.33. The molecule has 0 aliphatic heterocycles. The Hall–Kier alpha value is -1.21. The van der Waals surface area contributed by atoms with Gasteiger partial charge in [0.1, 0.15) is 5.82 Å². The summed E-state index contributed by atoms with van der Waals surface area (Å²) >= 11 is 8.00. The zero-order valence-electron chi connectivity index (χ0n) is 10.2. The number of nitro groups is 1. The van der Waals surface area contributed by atoms with E-state index in [1.54, 1.807) is 22.6 Å². The molecule has 104 valence electrons. The standard InChI is InChI=1S/C14H10ClFINO2/c15-11(9-4-2-1-3-5-9)6-10-7-12(16)13(17)8-14(10)18(19)20/h1-5,7-8,11H,6H2. The van der Waals surface area contributed by atoms with Gasteiger partial charge in [-0.1, -0.05) is 30.3 Å². The van der Waals surface area contributed by atoms with Gasteiger partial charge in [0.05, 0.1) is 13.9 Å². The summed E-state index contributed by atoms with van der Waals surface area (Å²) in [5, 5.41) is 10.6. The van der Waals surface area contributed by atoms with Crippen molar-refractivity contribution < 1.29 is 9.31 Å². The van der Waals surface area contributed by atoms with Crippen LogP contribution in [-0.2, 0) is 6.42 Å². The summed E-state index contributed by atoms with van der Waals surface area (Å²) in [5.41, 5.74) is 1.05. The van der Waals surface area contributed by atoms with Crippen LogP contribution in [0.3, 0.4) is 0 Å². The van der Waals surface area contributed by atoms with Crippen LogP contribution in [0.4, 0.5) is 10.1 Å². The Kier molecular flexibility index (Phi) is 4.93. The summed E-state index contributed by atoms with van der Waals surface area (Å²) in [6, 6.07) is 11.7. The number of nitrogens with zero attached hydrogens (tertiary/aromatic N) is 1. The number of hydrogen-bond donors (Lipinski definition) is 0. The molecular formula is C14H10ClFINO2. The minimum Gasteiger partial charge on any atom is -0.258 e. The van der Waals surface area contributed by atoms with Gasteiger partial charge < -0.3 is 0 Å². The fourth-order valence-corrected chi connectivity index (χ4v) is 2.65. The van der Waals surface area contributed by atoms with Crippen molar-refractivity contribution in [1.29, 1.82) is 0 Å². The number of halogens is 3. The lowest BCUT2D eigenvalue weighted by atomic mass is 10.0. The highest BCUT2D eigenvalue weighted by Gasteiger charge is 2.20. The van der Waals surface area contributed by atoms with Crippen molar-refractivity contribution in [3.8, 4) is 0 Å². The molecule has 0 amide bonds. The van der Waals surface area contributed by atoms with Crippen molar-refractivity contribution in [2.45, 2.75) is 11.8 Å². The van der Waals surface area contributed by atoms with Gasteiger partial charge in [-0.05, 0) is 40.6 Å². The second-order valence-corrected chi connectivity index (χ2v) is 5.92. The third-order valence-corrected chi connectivity index (χ3v) is 4.11. The van der Waals surface area contributed by atoms with Crippen LogP contribution in [0.15, 0.2) is 42.5 Å². The number of rotatable bonds is 4. The third-order valence-electron chi connectivity index (χ3n) is 2.88. The van der Waals surface area contributed by atoms with E-state index in [-0.39, 0.29) is 15.7 Å². The van der Waals surface area contributed by atoms with Crippen molar-refractivity contribution in [2.24, 2.45) is 0 Å². The summed E-state index contributed by atoms with van der Waals surface area (Å²) in [7, 11) is 0. The minimum absolute atomic E-state index is 0.0996. The Morgan fingerprint density at radius 2 is 1.95 bits per heavy atom. The fourth-order valence-electron chi connectivity index (χ4n) is 1.88. The molecule has 20 heavy (non-hydrogen) atoms. The van der Waals surface area contributed by atoms with E-state index in [9.17, 15) is 14.5 Å². The van der Waals surface area contributed by atoms with Crippen molar-refractivity contribution in [2.75, 3.05) is 0 Å². The van der Waals surface area contributed by atoms with Crippen LogP contribution in [0, 0.1) is 19.5 Å². The van der Waals surface area contributed by atoms with Crippen LogP contribution >= 0.6 is 34.2 Å². The van der Waals surface area contributed by atoms with Gasteiger partial charge in [-0.3, -0.25) is 10.1 Å². The van der Waals surface area contributed by atoms with Crippen LogP contribution in [0.5, 0.6) is 0 Å². The van der Waals surface area contributed by atoms with Gasteiger partial charge in [-0.15, -0.1) is 11.6 Å². The van der Waals surface area contributed by atoms with Gasteiger partial charge in [0.25, 0.3) is 5.69 Å². The topological polar surface area (TPSA) is 43.1 Å². The van der Waals surface area contributed by atoms with Crippen molar-refractivity contribution in [3.05, 3.63) is 73.1 Å². The van der Waals surface area contributed by atoms with Gasteiger partial charge in [-0.2, -0.15) is 0 Å². The summed E-state index contributed by atoms with van der Waals surface area (Å²) in [6.07, 6.45) is 0.204. The van der Waals surface area contributed by atoms with Crippen LogP contribution in [0.1, 0.15) is 16.5 Å². The molecule has 0 saturated heterocycles. The highest BCUT2D eigenvalue weighted by atomic mass is 127. The summed E-state index contributed by atoms with van der Waals surface area (Å²) in [4.78, 5) is 10.5. The molecule has 0 spiro atoms. The average molecular weight is 406 g/mol. The van der Waals surface area contributed by atoms with E-state index < -0.39 is 16.1 Å². The van der Waals surface area contributed by atoms with Gasteiger partial charge in [0, 0.05) is 11.6 Å². The summed E-state index contributed by atoms with van der Waals surface area (Å²) in [5.74, 6) is -0.469. The molecule has 0 saturated carbocycles. The van der Waals surface area contributed by atoms with E-state index >= 15 is 0 Å². The lowest BCUT2D eigenvalue weighted by Gasteiger charge is -2.10. The minimum atomic E-state index is -0.508. The van der Waals surface area contributed by atoms with E-state index in [0.29, 0.717) is 5.56 Å². The molecule has 2 aromatic carbocycles. The van der Waals surface area contributed by atoms with Crippen LogP contribution in [0.25, 0.3) is 0 Å². The van der Waals surface area contributed by atoms with Crippen molar-refractivity contribution >= 4 is 39.9 Å². The van der Waals surface area contributed by atoms with Gasteiger partial charge in [0.15, 0.2) is 0 Å². The zero-order chi connectivity index (χ0) is 14.7. The second-order valence-electron chi connectivity index (χ2n) is 4.23. The molecule has 0 aliphatic carbocycles. The number of benzene rings is 2. The van der Waals surface area contributed by atoms with E-state index in [0.717, 1.165) is 5.56 Å². The van der Waals surface area contributed by atoms with Gasteiger partial charge >= 0.3 is 0 Å². The van der Waals surface area contributed by atoms with Crippen molar-refractivity contribution in [1.82, 2.24) is 0 Å². The highest BCUT2D eigenvalue weighted by Crippen LogP contribution is 2.31. The SMILES string of the molecule is O=[N+]([O-])c1cc(I)c(F)cc1CC(Cl)c1ccccc1. The van der Waals surface area contributed by atoms with E-state index in [1.165, 1.54) is 12.1 Å². The number of nitro benzene ring substituents is 1. The molecule has 0 aromatic heterocycles. The first-order valence-electron chi connectivity index (χ1n) is 5.80. The predicted octanol–water partition coefficient (Wildman–Crippen LogP) is 4.86. The molecule has 2 aromatic rings. The molecule has 3 nitrogen and oxygen atoms in total. The molecule has 0 fully saturated rings. The predicted molar refractivity (Wildman–Crippen MR) is 84.5 cm³/mol. The van der Waals surface area contributed by atoms with E-state index in [4.69, 9.17) is 11.6 Å². The first-order chi connectivity index (χ1) is 9.49. The summed E-state index contributed by atoms with van der Waals surface area (Å²) in [6.45, 7) is 0. The maximum absolute atomic E-state index is 13.6. The lowest BCUT2D eigenvalue weighted by Crippen LogP contribution is -2.02. The van der Waals surface area contributed by atoms with Crippen LogP contribution < -0.4 is 0 Å². The maximum Gasteiger partial charge on any atom is 0.273 e. The van der Waals surface area contributed by atoms with Gasteiger partial charge in [-0.25, -0.2) is 4.39 Å². The van der Waals surface area contributed by atoms with E-state index in [1.807, 2.05) is 30.3 Å². The van der Waals surface area contributed by atoms with E-state index in [2.05, 4.69) is 0 Å². The molecule has 1 atom stereocenters. The normalized spacial score (nSPS) is 12.2. The molecule has 0 heterocycles. The smallest absolute Gasteiger partial charge is 0.258 e. The fraction of sp³-hybridized carbons (Fsp3) is 0.143. The monoisotopic (exact) mass is 405 g/mol. The molecule has 0 bridgehead atoms. The number of hydrogen-bond acceptors (Lipinski definition) is 2. The van der Waals surface area contributed by atoms with Crippen LogP contribution in [0.2, 0.25) is 0 Å². The first kappa shape index (κ1) is 15.2. The molecule has 0 aliphatic rings. The quantitative estimate of drug-likeness (QED) is 0.315. The molecular weight excluding hydrogens is 396 g/mol. The Labute approximate surface area is 134 Å². The molecule has 0 N–H and O–H groups in total. The number of alkyl halides is 1. The maximum atomic E-state index is 13.6. The molecule has 6 heteroatoms. The van der Waals surface area contributed by atoms with Crippen molar-refractivity contribution in [3.63, 3.8) is 0 Å². The third kappa shape index (κ3) is 3.46. The largest absolute Gasteiger partial charge is 0.273 e. The Morgan fingerprint density at radius 3 is 2.55 bits per heavy atom. The highest BCUT2D eigenvalue weighted by molar-refractivity contribution is 14.1. The molecule has 1 unspecified atom stereocenters. The molecule has 0 radical (unpaired) electrons. The lowest BCUT2D eigenvalue weighted by molar-refractivity contribution is -0.385. The zero-order valence-corrected chi connectivity index (χ0v) is 13.1. The first-order valence-corrected chi connectivity index (χ1v) is 7.32. The molecule has 2 rings (SSSR count). The van der Waals surface area contributed by atoms with Gasteiger partial charge in [0.2, 0.25) is 0 Å². The second kappa shape index (κ2) is 6.49. The summed E-state index contributed by atoms with van der Waals surface area (Å²) < 4.78 is 13.8. The van der Waals surface area contributed by atoms with Crippen LogP contribution in [-0.4, -0.2) is 4.92 Å². The Morgan fingerprint density at radius 1 is 1.30 bits per heavy atom. The average Bonchev–Trinajstić information content (AvgIpc) is 2.43. The Bertz CT molecular complexity index is 637.